The molecule has 0 aliphatic rings. The summed E-state index contributed by atoms with van der Waals surface area (Å²) in [4.78, 5) is 11.9. The van der Waals surface area contributed by atoms with Gasteiger partial charge in [0.1, 0.15) is 11.3 Å². The van der Waals surface area contributed by atoms with Crippen LogP contribution >= 0.6 is 0 Å². The Labute approximate surface area is 144 Å². The van der Waals surface area contributed by atoms with Gasteiger partial charge >= 0.3 is 5.97 Å². The van der Waals surface area contributed by atoms with E-state index < -0.39 is 5.97 Å². The number of esters is 1. The molecule has 4 aromatic rings. The first-order valence-corrected chi connectivity index (χ1v) is 8.06. The molecule has 0 bridgehead atoms. The van der Waals surface area contributed by atoms with Gasteiger partial charge in [0.25, 0.3) is 0 Å². The molecule has 25 heavy (non-hydrogen) atoms. The molecule has 0 unspecified atom stereocenters. The summed E-state index contributed by atoms with van der Waals surface area (Å²) in [6, 6.07) is 21.5. The quantitative estimate of drug-likeness (QED) is 0.568. The number of nitrogens with zero attached hydrogens (tertiary/aromatic N) is 1. The average molecular weight is 331 g/mol. The van der Waals surface area contributed by atoms with Crippen LogP contribution in [0, 0.1) is 0 Å². The standard InChI is InChI=1S/C21H17NO3/c1-25-21(24)16-11-12-18-19(20(16)23)15-9-5-6-10-17(15)22(18)13-14-7-3-2-4-8-14/h2-12,23H,13H2,1H3. The van der Waals surface area contributed by atoms with Crippen LogP contribution in [-0.4, -0.2) is 22.8 Å². The molecule has 4 rings (SSSR count). The van der Waals surface area contributed by atoms with Crippen molar-refractivity contribution in [3.63, 3.8) is 0 Å². The van der Waals surface area contributed by atoms with Crippen LogP contribution in [0.1, 0.15) is 15.9 Å². The number of ether oxygens (including phenoxy) is 1. The third-order valence-electron chi connectivity index (χ3n) is 4.50. The summed E-state index contributed by atoms with van der Waals surface area (Å²) < 4.78 is 6.93. The van der Waals surface area contributed by atoms with Crippen LogP contribution in [0.4, 0.5) is 0 Å². The molecule has 0 saturated heterocycles. The van der Waals surface area contributed by atoms with Gasteiger partial charge in [0.05, 0.1) is 18.0 Å². The Morgan fingerprint density at radius 2 is 1.68 bits per heavy atom. The van der Waals surface area contributed by atoms with E-state index in [0.717, 1.165) is 16.4 Å². The van der Waals surface area contributed by atoms with E-state index in [0.29, 0.717) is 11.9 Å². The van der Waals surface area contributed by atoms with Gasteiger partial charge in [0, 0.05) is 17.4 Å². The first-order valence-electron chi connectivity index (χ1n) is 8.06. The van der Waals surface area contributed by atoms with Crippen LogP contribution in [-0.2, 0) is 11.3 Å². The number of carbonyl (C=O) groups excluding carboxylic acids is 1. The van der Waals surface area contributed by atoms with E-state index in [2.05, 4.69) is 16.7 Å². The normalized spacial score (nSPS) is 11.1. The van der Waals surface area contributed by atoms with E-state index >= 15 is 0 Å². The van der Waals surface area contributed by atoms with Crippen molar-refractivity contribution >= 4 is 27.8 Å². The number of carbonyl (C=O) groups is 1. The summed E-state index contributed by atoms with van der Waals surface area (Å²) in [5, 5.41) is 12.3. The topological polar surface area (TPSA) is 51.5 Å². The number of fused-ring (bicyclic) bond motifs is 3. The highest BCUT2D eigenvalue weighted by molar-refractivity contribution is 6.14. The van der Waals surface area contributed by atoms with E-state index in [1.54, 1.807) is 6.07 Å². The number of aromatic nitrogens is 1. The summed E-state index contributed by atoms with van der Waals surface area (Å²) in [5.41, 5.74) is 3.24. The maximum atomic E-state index is 11.9. The molecule has 4 nitrogen and oxygen atoms in total. The van der Waals surface area contributed by atoms with Crippen LogP contribution < -0.4 is 0 Å². The minimum Gasteiger partial charge on any atom is -0.506 e. The van der Waals surface area contributed by atoms with E-state index in [-0.39, 0.29) is 11.3 Å². The summed E-state index contributed by atoms with van der Waals surface area (Å²) in [7, 11) is 1.31. The first kappa shape index (κ1) is 15.3. The van der Waals surface area contributed by atoms with Crippen molar-refractivity contribution in [3.8, 4) is 5.75 Å². The fourth-order valence-corrected chi connectivity index (χ4v) is 3.33. The third-order valence-corrected chi connectivity index (χ3v) is 4.50. The Bertz CT molecular complexity index is 1080. The fraction of sp³-hybridized carbons (Fsp3) is 0.0952. The number of hydrogen-bond donors (Lipinski definition) is 1. The highest BCUT2D eigenvalue weighted by atomic mass is 16.5. The lowest BCUT2D eigenvalue weighted by Crippen LogP contribution is -2.02. The largest absolute Gasteiger partial charge is 0.506 e. The van der Waals surface area contributed by atoms with Gasteiger partial charge in [-0.25, -0.2) is 4.79 Å². The molecule has 0 saturated carbocycles. The second-order valence-electron chi connectivity index (χ2n) is 5.94. The Kier molecular flexibility index (Phi) is 3.65. The Hall–Kier alpha value is -3.27. The zero-order valence-electron chi connectivity index (χ0n) is 13.8. The van der Waals surface area contributed by atoms with Crippen LogP contribution in [0.25, 0.3) is 21.8 Å². The van der Waals surface area contributed by atoms with Gasteiger partial charge in [0.15, 0.2) is 0 Å². The highest BCUT2D eigenvalue weighted by Gasteiger charge is 2.19. The monoisotopic (exact) mass is 331 g/mol. The summed E-state index contributed by atoms with van der Waals surface area (Å²) in [6.07, 6.45) is 0. The summed E-state index contributed by atoms with van der Waals surface area (Å²) >= 11 is 0. The molecule has 0 fully saturated rings. The van der Waals surface area contributed by atoms with Crippen molar-refractivity contribution in [3.05, 3.63) is 77.9 Å². The van der Waals surface area contributed by atoms with E-state index in [9.17, 15) is 9.90 Å². The highest BCUT2D eigenvalue weighted by Crippen LogP contribution is 2.37. The van der Waals surface area contributed by atoms with Crippen LogP contribution in [0.5, 0.6) is 5.75 Å². The molecule has 0 spiro atoms. The molecule has 124 valence electrons. The number of rotatable bonds is 3. The van der Waals surface area contributed by atoms with E-state index in [4.69, 9.17) is 4.74 Å². The Morgan fingerprint density at radius 3 is 2.44 bits per heavy atom. The predicted octanol–water partition coefficient (Wildman–Crippen LogP) is 4.34. The number of aromatic hydroxyl groups is 1. The molecule has 0 aliphatic carbocycles. The van der Waals surface area contributed by atoms with Crippen LogP contribution in [0.3, 0.4) is 0 Å². The zero-order chi connectivity index (χ0) is 17.4. The van der Waals surface area contributed by atoms with Crippen molar-refractivity contribution in [2.45, 2.75) is 6.54 Å². The van der Waals surface area contributed by atoms with Crippen LogP contribution in [0.15, 0.2) is 66.7 Å². The maximum Gasteiger partial charge on any atom is 0.341 e. The lowest BCUT2D eigenvalue weighted by atomic mass is 10.1. The lowest BCUT2D eigenvalue weighted by molar-refractivity contribution is 0.0598. The lowest BCUT2D eigenvalue weighted by Gasteiger charge is -2.09. The van der Waals surface area contributed by atoms with Gasteiger partial charge in [-0.05, 0) is 23.8 Å². The summed E-state index contributed by atoms with van der Waals surface area (Å²) in [6.45, 7) is 0.682. The average Bonchev–Trinajstić information content (AvgIpc) is 2.97. The second-order valence-corrected chi connectivity index (χ2v) is 5.94. The third kappa shape index (κ3) is 2.43. The van der Waals surface area contributed by atoms with Crippen molar-refractivity contribution in [2.24, 2.45) is 0 Å². The summed E-state index contributed by atoms with van der Waals surface area (Å²) in [5.74, 6) is -0.577. The predicted molar refractivity (Wildman–Crippen MR) is 98.0 cm³/mol. The minimum absolute atomic E-state index is 0.0349. The van der Waals surface area contributed by atoms with E-state index in [1.807, 2.05) is 48.5 Å². The van der Waals surface area contributed by atoms with Crippen molar-refractivity contribution in [2.75, 3.05) is 7.11 Å². The number of phenolic OH excluding ortho intramolecular Hbond substituents is 1. The zero-order valence-corrected chi connectivity index (χ0v) is 13.8. The molecule has 0 aliphatic heterocycles. The van der Waals surface area contributed by atoms with Gasteiger partial charge in [0.2, 0.25) is 0 Å². The smallest absolute Gasteiger partial charge is 0.341 e. The SMILES string of the molecule is COC(=O)c1ccc2c(c1O)c1ccccc1n2Cc1ccccc1. The maximum absolute atomic E-state index is 11.9. The molecule has 3 aromatic carbocycles. The molecular weight excluding hydrogens is 314 g/mol. The number of phenols is 1. The minimum atomic E-state index is -0.542. The van der Waals surface area contributed by atoms with Gasteiger partial charge in [-0.15, -0.1) is 0 Å². The molecule has 1 heterocycles. The molecule has 1 N–H and O–H groups in total. The van der Waals surface area contributed by atoms with Gasteiger partial charge in [-0.2, -0.15) is 0 Å². The Morgan fingerprint density at radius 1 is 0.960 bits per heavy atom. The molecular formula is C21H17NO3. The first-order chi connectivity index (χ1) is 12.2. The molecule has 0 amide bonds. The van der Waals surface area contributed by atoms with Gasteiger partial charge < -0.3 is 14.4 Å². The number of benzene rings is 3. The Balaban J connectivity index is 2.02. The molecule has 4 heteroatoms. The molecule has 1 aromatic heterocycles. The fourth-order valence-electron chi connectivity index (χ4n) is 3.33. The number of para-hydroxylation sites is 1. The van der Waals surface area contributed by atoms with Crippen LogP contribution in [0.2, 0.25) is 0 Å². The number of hydrogen-bond acceptors (Lipinski definition) is 3. The van der Waals surface area contributed by atoms with Gasteiger partial charge in [-0.1, -0.05) is 48.5 Å². The molecule has 0 atom stereocenters. The van der Waals surface area contributed by atoms with Crippen molar-refractivity contribution < 1.29 is 14.6 Å². The van der Waals surface area contributed by atoms with Gasteiger partial charge in [-0.3, -0.25) is 0 Å². The number of methoxy groups -OCH3 is 1. The second kappa shape index (κ2) is 5.98. The molecule has 0 radical (unpaired) electrons. The van der Waals surface area contributed by atoms with E-state index in [1.165, 1.54) is 12.7 Å². The van der Waals surface area contributed by atoms with Crippen molar-refractivity contribution in [1.82, 2.24) is 4.57 Å². The van der Waals surface area contributed by atoms with Crippen molar-refractivity contribution in [1.29, 1.82) is 0 Å².